The first-order valence-electron chi connectivity index (χ1n) is 2.89. The van der Waals surface area contributed by atoms with Crippen molar-refractivity contribution >= 4 is 0 Å². The third-order valence-corrected chi connectivity index (χ3v) is 0.850. The van der Waals surface area contributed by atoms with Gasteiger partial charge in [-0.2, -0.15) is 0 Å². The van der Waals surface area contributed by atoms with Gasteiger partial charge in [-0.25, -0.2) is 0 Å². The van der Waals surface area contributed by atoms with Crippen molar-refractivity contribution in [3.8, 4) is 0 Å². The summed E-state index contributed by atoms with van der Waals surface area (Å²) in [6.07, 6.45) is 1.20. The number of nitro groups is 1. The Morgan fingerprint density at radius 1 is 1.70 bits per heavy atom. The Kier molecular flexibility index (Phi) is 2.54. The number of aliphatic hydroxyl groups is 1. The fourth-order valence-electron chi connectivity index (χ4n) is 0.564. The Morgan fingerprint density at radius 3 is 2.20 bits per heavy atom. The first-order valence-corrected chi connectivity index (χ1v) is 2.89. The molecule has 0 spiro atoms. The van der Waals surface area contributed by atoms with E-state index < -0.39 is 10.5 Å². The molecule has 0 aromatic carbocycles. The molecule has 0 unspecified atom stereocenters. The highest BCUT2D eigenvalue weighted by Crippen LogP contribution is 2.06. The van der Waals surface area contributed by atoms with Crippen molar-refractivity contribution in [1.29, 1.82) is 0 Å². The Hall–Kier alpha value is -0.900. The summed E-state index contributed by atoms with van der Waals surface area (Å²) in [5.74, 6) is 0. The number of nitrogens with zero attached hydrogens (tertiary/aromatic N) is 1. The minimum absolute atomic E-state index is 0.0347. The highest BCUT2D eigenvalue weighted by Gasteiger charge is 2.13. The van der Waals surface area contributed by atoms with Crippen molar-refractivity contribution in [2.24, 2.45) is 0 Å². The predicted molar refractivity (Wildman–Crippen MR) is 37.0 cm³/mol. The summed E-state index contributed by atoms with van der Waals surface area (Å²) in [5.41, 5.74) is -1.13. The number of allylic oxidation sites excluding steroid dienone is 1. The van der Waals surface area contributed by atoms with Gasteiger partial charge in [0.1, 0.15) is 0 Å². The summed E-state index contributed by atoms with van der Waals surface area (Å²) < 4.78 is 0. The van der Waals surface area contributed by atoms with E-state index in [1.54, 1.807) is 0 Å². The van der Waals surface area contributed by atoms with Gasteiger partial charge in [0, 0.05) is 13.0 Å². The average molecular weight is 145 g/mol. The van der Waals surface area contributed by atoms with Crippen LogP contribution in [0.4, 0.5) is 0 Å². The molecule has 0 saturated carbocycles. The molecule has 0 aliphatic carbocycles. The highest BCUT2D eigenvalue weighted by molar-refractivity contribution is 4.98. The van der Waals surface area contributed by atoms with Crippen molar-refractivity contribution in [1.82, 2.24) is 0 Å². The summed E-state index contributed by atoms with van der Waals surface area (Å²) in [5, 5.41) is 19.1. The molecule has 0 atom stereocenters. The molecule has 0 rings (SSSR count). The first kappa shape index (κ1) is 9.10. The molecule has 0 fully saturated rings. The minimum atomic E-state index is -1.10. The van der Waals surface area contributed by atoms with Crippen LogP contribution in [0, 0.1) is 10.1 Å². The molecule has 1 N–H and O–H groups in total. The SMILES string of the molecule is C/C(=C\C(C)(C)O)[N+](=O)[O-]. The van der Waals surface area contributed by atoms with Gasteiger partial charge in [-0.1, -0.05) is 0 Å². The molecule has 0 aromatic heterocycles. The molecule has 4 nitrogen and oxygen atoms in total. The molecule has 4 heteroatoms. The smallest absolute Gasteiger partial charge is 0.242 e. The molecule has 0 aromatic rings. The van der Waals surface area contributed by atoms with Gasteiger partial charge in [-0.05, 0) is 13.8 Å². The lowest BCUT2D eigenvalue weighted by Gasteiger charge is -2.08. The van der Waals surface area contributed by atoms with Gasteiger partial charge in [-0.15, -0.1) is 0 Å². The van der Waals surface area contributed by atoms with Gasteiger partial charge < -0.3 is 5.11 Å². The maximum absolute atomic E-state index is 10.0. The lowest BCUT2D eigenvalue weighted by molar-refractivity contribution is -0.425. The van der Waals surface area contributed by atoms with Crippen LogP contribution in [-0.2, 0) is 0 Å². The third-order valence-electron chi connectivity index (χ3n) is 0.850. The second-order valence-corrected chi connectivity index (χ2v) is 2.70. The summed E-state index contributed by atoms with van der Waals surface area (Å²) >= 11 is 0. The van der Waals surface area contributed by atoms with Crippen LogP contribution in [0.25, 0.3) is 0 Å². The second kappa shape index (κ2) is 2.79. The Bertz CT molecular complexity index is 166. The molecule has 0 saturated heterocycles. The van der Waals surface area contributed by atoms with Crippen molar-refractivity contribution in [2.45, 2.75) is 26.4 Å². The summed E-state index contributed by atoms with van der Waals surface area (Å²) in [6.45, 7) is 4.32. The molecule has 58 valence electrons. The number of rotatable bonds is 2. The standard InChI is InChI=1S/C6H11NO3/c1-5(7(9)10)4-6(2,3)8/h4,8H,1-3H3/b5-4+. The Labute approximate surface area is 59.3 Å². The fourth-order valence-corrected chi connectivity index (χ4v) is 0.564. The van der Waals surface area contributed by atoms with Crippen LogP contribution in [0.2, 0.25) is 0 Å². The zero-order valence-corrected chi connectivity index (χ0v) is 6.29. The van der Waals surface area contributed by atoms with Crippen LogP contribution in [0.1, 0.15) is 20.8 Å². The molecule has 10 heavy (non-hydrogen) atoms. The molecule has 0 heterocycles. The Morgan fingerprint density at radius 2 is 2.10 bits per heavy atom. The van der Waals surface area contributed by atoms with Crippen molar-refractivity contribution in [3.63, 3.8) is 0 Å². The average Bonchev–Trinajstić information content (AvgIpc) is 1.60. The zero-order chi connectivity index (χ0) is 8.36. The van der Waals surface area contributed by atoms with E-state index in [1.807, 2.05) is 0 Å². The molecular formula is C6H11NO3. The molecule has 0 bridgehead atoms. The molecule has 0 aliphatic heterocycles. The van der Waals surface area contributed by atoms with Gasteiger partial charge in [-0.3, -0.25) is 10.1 Å². The van der Waals surface area contributed by atoms with E-state index in [0.717, 1.165) is 0 Å². The lowest BCUT2D eigenvalue weighted by Crippen LogP contribution is -2.16. The molecular weight excluding hydrogens is 134 g/mol. The van der Waals surface area contributed by atoms with Crippen LogP contribution in [-0.4, -0.2) is 15.6 Å². The van der Waals surface area contributed by atoms with E-state index in [0.29, 0.717) is 0 Å². The molecule has 0 amide bonds. The first-order chi connectivity index (χ1) is 4.33. The maximum Gasteiger partial charge on any atom is 0.242 e. The fraction of sp³-hybridized carbons (Fsp3) is 0.667. The Balaban J connectivity index is 4.32. The van der Waals surface area contributed by atoms with E-state index in [2.05, 4.69) is 0 Å². The van der Waals surface area contributed by atoms with Crippen molar-refractivity contribution in [3.05, 3.63) is 21.9 Å². The summed E-state index contributed by atoms with van der Waals surface area (Å²) in [4.78, 5) is 9.47. The van der Waals surface area contributed by atoms with Gasteiger partial charge in [0.05, 0.1) is 10.5 Å². The molecule has 0 aliphatic rings. The topological polar surface area (TPSA) is 63.4 Å². The lowest BCUT2D eigenvalue weighted by atomic mass is 10.1. The summed E-state index contributed by atoms with van der Waals surface area (Å²) in [6, 6.07) is 0. The van der Waals surface area contributed by atoms with E-state index >= 15 is 0 Å². The van der Waals surface area contributed by atoms with Gasteiger partial charge in [0.25, 0.3) is 0 Å². The van der Waals surface area contributed by atoms with Crippen LogP contribution >= 0.6 is 0 Å². The van der Waals surface area contributed by atoms with Crippen LogP contribution in [0.5, 0.6) is 0 Å². The zero-order valence-electron chi connectivity index (χ0n) is 6.29. The van der Waals surface area contributed by atoms with Crippen molar-refractivity contribution < 1.29 is 10.0 Å². The van der Waals surface area contributed by atoms with E-state index in [1.165, 1.54) is 26.8 Å². The third kappa shape index (κ3) is 4.03. The van der Waals surface area contributed by atoms with Gasteiger partial charge in [0.2, 0.25) is 5.70 Å². The summed E-state index contributed by atoms with van der Waals surface area (Å²) in [7, 11) is 0. The quantitative estimate of drug-likeness (QED) is 0.464. The van der Waals surface area contributed by atoms with Crippen LogP contribution in [0.3, 0.4) is 0 Å². The predicted octanol–water partition coefficient (Wildman–Crippen LogP) is 0.938. The largest absolute Gasteiger partial charge is 0.386 e. The van der Waals surface area contributed by atoms with Gasteiger partial charge in [0.15, 0.2) is 0 Å². The minimum Gasteiger partial charge on any atom is -0.386 e. The number of hydrogen-bond donors (Lipinski definition) is 1. The monoisotopic (exact) mass is 145 g/mol. The molecule has 0 radical (unpaired) electrons. The maximum atomic E-state index is 10.0. The number of hydrogen-bond acceptors (Lipinski definition) is 3. The van der Waals surface area contributed by atoms with Crippen molar-refractivity contribution in [2.75, 3.05) is 0 Å². The van der Waals surface area contributed by atoms with Crippen LogP contribution < -0.4 is 0 Å². The second-order valence-electron chi connectivity index (χ2n) is 2.70. The normalized spacial score (nSPS) is 13.4. The highest BCUT2D eigenvalue weighted by atomic mass is 16.6. The van der Waals surface area contributed by atoms with Crippen LogP contribution in [0.15, 0.2) is 11.8 Å². The van der Waals surface area contributed by atoms with Gasteiger partial charge >= 0.3 is 0 Å². The van der Waals surface area contributed by atoms with E-state index in [9.17, 15) is 10.1 Å². The van der Waals surface area contributed by atoms with E-state index in [-0.39, 0.29) is 5.70 Å². The van der Waals surface area contributed by atoms with E-state index in [4.69, 9.17) is 5.11 Å².